The summed E-state index contributed by atoms with van der Waals surface area (Å²) in [5.41, 5.74) is 2.78. The number of nitrogens with zero attached hydrogens (tertiary/aromatic N) is 2. The molecule has 0 fully saturated rings. The monoisotopic (exact) mass is 393 g/mol. The fourth-order valence-electron chi connectivity index (χ4n) is 2.46. The van der Waals surface area contributed by atoms with E-state index in [-0.39, 0.29) is 5.82 Å². The molecule has 0 radical (unpaired) electrons. The molecular weight excluding hydrogens is 373 g/mol. The third kappa shape index (κ3) is 5.18. The van der Waals surface area contributed by atoms with Crippen molar-refractivity contribution < 1.29 is 9.13 Å². The molecule has 0 saturated carbocycles. The largest absolute Gasteiger partial charge is 0.494 e. The molecule has 0 atom stereocenters. The summed E-state index contributed by atoms with van der Waals surface area (Å²) in [6.45, 7) is 2.81. The van der Waals surface area contributed by atoms with Gasteiger partial charge in [0, 0.05) is 28.9 Å². The minimum absolute atomic E-state index is 0.290. The van der Waals surface area contributed by atoms with Crippen LogP contribution in [-0.4, -0.2) is 11.6 Å². The van der Waals surface area contributed by atoms with E-state index in [1.807, 2.05) is 29.6 Å². The highest BCUT2D eigenvalue weighted by molar-refractivity contribution is 7.11. The quantitative estimate of drug-likeness (QED) is 0.371. The Labute approximate surface area is 167 Å². The standard InChI is InChI=1S/C22H20FN3OS/c1-2-3-11-27-20-6-4-5-19(12-20)25-14-17(13-24)22-26-21(15-28-22)16-7-9-18(23)10-8-16/h4-10,12,14-15,25H,2-3,11H2,1H3/b17-14+. The Morgan fingerprint density at radius 2 is 2.11 bits per heavy atom. The Balaban J connectivity index is 1.72. The summed E-state index contributed by atoms with van der Waals surface area (Å²) in [5.74, 6) is 0.500. The van der Waals surface area contributed by atoms with Crippen molar-refractivity contribution in [1.82, 2.24) is 4.98 Å². The van der Waals surface area contributed by atoms with Crippen molar-refractivity contribution in [2.75, 3.05) is 11.9 Å². The van der Waals surface area contributed by atoms with E-state index in [9.17, 15) is 9.65 Å². The topological polar surface area (TPSA) is 57.9 Å². The first-order valence-corrected chi connectivity index (χ1v) is 9.89. The van der Waals surface area contributed by atoms with Crippen molar-refractivity contribution in [3.8, 4) is 23.1 Å². The number of thiazole rings is 1. The van der Waals surface area contributed by atoms with Crippen LogP contribution in [0.1, 0.15) is 24.8 Å². The number of aromatic nitrogens is 1. The average molecular weight is 393 g/mol. The van der Waals surface area contributed by atoms with E-state index in [0.29, 0.717) is 22.9 Å². The van der Waals surface area contributed by atoms with Gasteiger partial charge in [0.15, 0.2) is 0 Å². The van der Waals surface area contributed by atoms with Crippen LogP contribution in [0.15, 0.2) is 60.1 Å². The molecule has 0 unspecified atom stereocenters. The Morgan fingerprint density at radius 1 is 1.29 bits per heavy atom. The number of nitriles is 1. The maximum absolute atomic E-state index is 13.1. The molecule has 0 aliphatic heterocycles. The molecule has 0 aliphatic rings. The van der Waals surface area contributed by atoms with E-state index in [0.717, 1.165) is 29.8 Å². The molecular formula is C22H20FN3OS. The fourth-order valence-corrected chi connectivity index (χ4v) is 3.25. The number of hydrogen-bond donors (Lipinski definition) is 1. The highest BCUT2D eigenvalue weighted by Gasteiger charge is 2.09. The van der Waals surface area contributed by atoms with E-state index in [4.69, 9.17) is 4.74 Å². The van der Waals surface area contributed by atoms with Gasteiger partial charge >= 0.3 is 0 Å². The van der Waals surface area contributed by atoms with Gasteiger partial charge in [-0.25, -0.2) is 9.37 Å². The molecule has 1 heterocycles. The lowest BCUT2D eigenvalue weighted by Gasteiger charge is -2.07. The second-order valence-electron chi connectivity index (χ2n) is 6.09. The van der Waals surface area contributed by atoms with Crippen LogP contribution in [0, 0.1) is 17.1 Å². The van der Waals surface area contributed by atoms with Gasteiger partial charge in [-0.1, -0.05) is 19.4 Å². The number of hydrogen-bond acceptors (Lipinski definition) is 5. The Hall–Kier alpha value is -3.17. The van der Waals surface area contributed by atoms with Gasteiger partial charge < -0.3 is 10.1 Å². The number of benzene rings is 2. The van der Waals surface area contributed by atoms with Crippen LogP contribution in [0.2, 0.25) is 0 Å². The van der Waals surface area contributed by atoms with Crippen molar-refractivity contribution >= 4 is 22.6 Å². The maximum atomic E-state index is 13.1. The van der Waals surface area contributed by atoms with Gasteiger partial charge in [-0.3, -0.25) is 0 Å². The minimum atomic E-state index is -0.290. The number of nitrogens with one attached hydrogen (secondary N) is 1. The highest BCUT2D eigenvalue weighted by Crippen LogP contribution is 2.26. The molecule has 0 spiro atoms. The van der Waals surface area contributed by atoms with Gasteiger partial charge in [0.05, 0.1) is 12.3 Å². The fraction of sp³-hybridized carbons (Fsp3) is 0.182. The molecule has 3 rings (SSSR count). The Morgan fingerprint density at radius 3 is 2.86 bits per heavy atom. The molecule has 0 aliphatic carbocycles. The first-order valence-electron chi connectivity index (χ1n) is 9.01. The molecule has 1 N–H and O–H groups in total. The van der Waals surface area contributed by atoms with Gasteiger partial charge in [-0.15, -0.1) is 11.3 Å². The third-order valence-electron chi connectivity index (χ3n) is 3.98. The van der Waals surface area contributed by atoms with Gasteiger partial charge in [0.1, 0.15) is 28.2 Å². The van der Waals surface area contributed by atoms with Gasteiger partial charge in [0.2, 0.25) is 0 Å². The molecule has 6 heteroatoms. The van der Waals surface area contributed by atoms with Crippen molar-refractivity contribution in [1.29, 1.82) is 5.26 Å². The second kappa shape index (κ2) is 9.67. The lowest BCUT2D eigenvalue weighted by Crippen LogP contribution is -1.97. The van der Waals surface area contributed by atoms with Crippen molar-refractivity contribution in [2.45, 2.75) is 19.8 Å². The zero-order chi connectivity index (χ0) is 19.8. The minimum Gasteiger partial charge on any atom is -0.494 e. The van der Waals surface area contributed by atoms with E-state index < -0.39 is 0 Å². The average Bonchev–Trinajstić information content (AvgIpc) is 3.20. The third-order valence-corrected chi connectivity index (χ3v) is 4.85. The van der Waals surface area contributed by atoms with Crippen LogP contribution >= 0.6 is 11.3 Å². The summed E-state index contributed by atoms with van der Waals surface area (Å²) in [7, 11) is 0. The molecule has 3 aromatic rings. The zero-order valence-electron chi connectivity index (χ0n) is 15.5. The second-order valence-corrected chi connectivity index (χ2v) is 6.95. The molecule has 1 aromatic heterocycles. The van der Waals surface area contributed by atoms with E-state index in [2.05, 4.69) is 23.3 Å². The SMILES string of the molecule is CCCCOc1cccc(N/C=C(\C#N)c2nc(-c3ccc(F)cc3)cs2)c1. The van der Waals surface area contributed by atoms with Crippen LogP contribution in [0.25, 0.3) is 16.8 Å². The first kappa shape index (κ1) is 19.6. The van der Waals surface area contributed by atoms with E-state index in [1.54, 1.807) is 18.3 Å². The lowest BCUT2D eigenvalue weighted by molar-refractivity contribution is 0.309. The number of rotatable bonds is 8. The highest BCUT2D eigenvalue weighted by atomic mass is 32.1. The van der Waals surface area contributed by atoms with Crippen LogP contribution in [0.4, 0.5) is 10.1 Å². The summed E-state index contributed by atoms with van der Waals surface area (Å²) in [5, 5.41) is 15.1. The predicted molar refractivity (Wildman–Crippen MR) is 112 cm³/mol. The normalized spacial score (nSPS) is 11.1. The lowest BCUT2D eigenvalue weighted by atomic mass is 10.2. The van der Waals surface area contributed by atoms with Crippen molar-refractivity contribution in [2.24, 2.45) is 0 Å². The summed E-state index contributed by atoms with van der Waals surface area (Å²) < 4.78 is 18.8. The number of unbranched alkanes of at least 4 members (excludes halogenated alkanes) is 1. The van der Waals surface area contributed by atoms with Crippen LogP contribution < -0.4 is 10.1 Å². The summed E-state index contributed by atoms with van der Waals surface area (Å²) in [4.78, 5) is 4.50. The number of allylic oxidation sites excluding steroid dienone is 1. The van der Waals surface area contributed by atoms with Crippen LogP contribution in [0.3, 0.4) is 0 Å². The summed E-state index contributed by atoms with van der Waals surface area (Å²) >= 11 is 1.37. The molecule has 0 bridgehead atoms. The molecule has 0 saturated heterocycles. The summed E-state index contributed by atoms with van der Waals surface area (Å²) in [6.07, 6.45) is 3.73. The zero-order valence-corrected chi connectivity index (χ0v) is 16.3. The van der Waals surface area contributed by atoms with Crippen LogP contribution in [-0.2, 0) is 0 Å². The number of ether oxygens (including phenoxy) is 1. The summed E-state index contributed by atoms with van der Waals surface area (Å²) in [6, 6.07) is 15.9. The van der Waals surface area contributed by atoms with E-state index >= 15 is 0 Å². The Bertz CT molecular complexity index is 990. The van der Waals surface area contributed by atoms with Gasteiger partial charge in [-0.05, 0) is 42.8 Å². The maximum Gasteiger partial charge on any atom is 0.136 e. The molecule has 0 amide bonds. The molecule has 142 valence electrons. The van der Waals surface area contributed by atoms with E-state index in [1.165, 1.54) is 23.5 Å². The number of halogens is 1. The molecule has 2 aromatic carbocycles. The van der Waals surface area contributed by atoms with Gasteiger partial charge in [-0.2, -0.15) is 5.26 Å². The first-order chi connectivity index (χ1) is 13.7. The smallest absolute Gasteiger partial charge is 0.136 e. The van der Waals surface area contributed by atoms with Crippen LogP contribution in [0.5, 0.6) is 5.75 Å². The van der Waals surface area contributed by atoms with Gasteiger partial charge in [0.25, 0.3) is 0 Å². The van der Waals surface area contributed by atoms with Crippen molar-refractivity contribution in [3.63, 3.8) is 0 Å². The van der Waals surface area contributed by atoms with Crippen molar-refractivity contribution in [3.05, 3.63) is 70.9 Å². The number of anilines is 1. The molecule has 28 heavy (non-hydrogen) atoms. The predicted octanol–water partition coefficient (Wildman–Crippen LogP) is 6.10. The molecule has 4 nitrogen and oxygen atoms in total. The Kier molecular flexibility index (Phi) is 6.77.